The Balaban J connectivity index is 2.22. The SMILES string of the molecule is O=C(Oc1ccccc1C(F)(F)F)Oc1c(F)cc(F)cc1F. The van der Waals surface area contributed by atoms with E-state index >= 15 is 0 Å². The summed E-state index contributed by atoms with van der Waals surface area (Å²) in [5.74, 6) is -6.57. The Bertz CT molecular complexity index is 719. The highest BCUT2D eigenvalue weighted by molar-refractivity contribution is 5.68. The lowest BCUT2D eigenvalue weighted by Crippen LogP contribution is -2.18. The second-order valence-electron chi connectivity index (χ2n) is 4.15. The van der Waals surface area contributed by atoms with Crippen LogP contribution in [0.25, 0.3) is 0 Å². The van der Waals surface area contributed by atoms with E-state index in [0.29, 0.717) is 6.07 Å². The molecule has 2 aromatic carbocycles. The number of ether oxygens (including phenoxy) is 2. The fourth-order valence-corrected chi connectivity index (χ4v) is 1.61. The molecule has 0 saturated heterocycles. The van der Waals surface area contributed by atoms with E-state index in [1.54, 1.807) is 0 Å². The van der Waals surface area contributed by atoms with Crippen molar-refractivity contribution >= 4 is 6.16 Å². The largest absolute Gasteiger partial charge is 0.519 e. The summed E-state index contributed by atoms with van der Waals surface area (Å²) < 4.78 is 85.9. The molecule has 0 aliphatic heterocycles. The highest BCUT2D eigenvalue weighted by atomic mass is 19.4. The number of rotatable bonds is 2. The zero-order valence-electron chi connectivity index (χ0n) is 11.0. The second-order valence-corrected chi connectivity index (χ2v) is 4.15. The van der Waals surface area contributed by atoms with Crippen LogP contribution in [0.3, 0.4) is 0 Å². The predicted molar refractivity (Wildman–Crippen MR) is 64.4 cm³/mol. The van der Waals surface area contributed by atoms with Crippen molar-refractivity contribution in [1.82, 2.24) is 0 Å². The standard InChI is InChI=1S/C14H6F6O3/c15-7-5-9(16)12(10(17)6-7)23-13(21)22-11-4-2-1-3-8(11)14(18,19)20/h1-6H. The molecule has 0 radical (unpaired) electrons. The molecule has 0 aliphatic carbocycles. The number of carbonyl (C=O) groups is 1. The lowest BCUT2D eigenvalue weighted by Gasteiger charge is -2.12. The van der Waals surface area contributed by atoms with E-state index in [-0.39, 0.29) is 12.1 Å². The summed E-state index contributed by atoms with van der Waals surface area (Å²) in [7, 11) is 0. The molecule has 2 aromatic rings. The minimum absolute atomic E-state index is 0.232. The molecule has 0 N–H and O–H groups in total. The molecule has 0 fully saturated rings. The highest BCUT2D eigenvalue weighted by Crippen LogP contribution is 2.36. The van der Waals surface area contributed by atoms with Crippen LogP contribution in [0.4, 0.5) is 31.1 Å². The summed E-state index contributed by atoms with van der Waals surface area (Å²) >= 11 is 0. The summed E-state index contributed by atoms with van der Waals surface area (Å²) in [6, 6.07) is 4.13. The van der Waals surface area contributed by atoms with Crippen LogP contribution in [0.15, 0.2) is 36.4 Å². The minimum Gasteiger partial charge on any atom is -0.394 e. The van der Waals surface area contributed by atoms with Gasteiger partial charge in [0.05, 0.1) is 5.56 Å². The van der Waals surface area contributed by atoms with Gasteiger partial charge in [0, 0.05) is 12.1 Å². The number of benzene rings is 2. The zero-order valence-corrected chi connectivity index (χ0v) is 11.0. The van der Waals surface area contributed by atoms with E-state index in [1.807, 2.05) is 0 Å². The first-order valence-corrected chi connectivity index (χ1v) is 5.89. The van der Waals surface area contributed by atoms with E-state index in [4.69, 9.17) is 0 Å². The Labute approximate surface area is 125 Å². The van der Waals surface area contributed by atoms with Crippen LogP contribution >= 0.6 is 0 Å². The van der Waals surface area contributed by atoms with Crippen LogP contribution in [-0.4, -0.2) is 6.16 Å². The number of alkyl halides is 3. The van der Waals surface area contributed by atoms with Crippen molar-refractivity contribution in [2.45, 2.75) is 6.18 Å². The van der Waals surface area contributed by atoms with Crippen molar-refractivity contribution in [2.75, 3.05) is 0 Å². The molecule has 122 valence electrons. The lowest BCUT2D eigenvalue weighted by molar-refractivity contribution is -0.138. The fourth-order valence-electron chi connectivity index (χ4n) is 1.61. The van der Waals surface area contributed by atoms with Gasteiger partial charge in [0.2, 0.25) is 5.75 Å². The van der Waals surface area contributed by atoms with Gasteiger partial charge in [-0.25, -0.2) is 18.0 Å². The smallest absolute Gasteiger partial charge is 0.394 e. The molecular weight excluding hydrogens is 330 g/mol. The minimum atomic E-state index is -4.82. The first-order chi connectivity index (χ1) is 10.7. The van der Waals surface area contributed by atoms with Crippen LogP contribution in [0, 0.1) is 17.5 Å². The quantitative estimate of drug-likeness (QED) is 0.453. The predicted octanol–water partition coefficient (Wildman–Crippen LogP) is 4.70. The molecule has 2 rings (SSSR count). The van der Waals surface area contributed by atoms with Crippen LogP contribution in [0.5, 0.6) is 11.5 Å². The molecule has 0 bridgehead atoms. The monoisotopic (exact) mass is 336 g/mol. The number of halogens is 6. The third-order valence-corrected chi connectivity index (χ3v) is 2.53. The Morgan fingerprint density at radius 3 is 2.04 bits per heavy atom. The van der Waals surface area contributed by atoms with E-state index < -0.39 is 46.8 Å². The summed E-state index contributed by atoms with van der Waals surface area (Å²) in [6.45, 7) is 0. The van der Waals surface area contributed by atoms with Gasteiger partial charge < -0.3 is 9.47 Å². The third kappa shape index (κ3) is 3.93. The summed E-state index contributed by atoms with van der Waals surface area (Å²) in [6.07, 6.45) is -6.63. The molecule has 0 atom stereocenters. The van der Waals surface area contributed by atoms with Gasteiger partial charge >= 0.3 is 12.3 Å². The Morgan fingerprint density at radius 2 is 1.48 bits per heavy atom. The summed E-state index contributed by atoms with van der Waals surface area (Å²) in [4.78, 5) is 11.4. The summed E-state index contributed by atoms with van der Waals surface area (Å²) in [5.41, 5.74) is -1.28. The topological polar surface area (TPSA) is 35.5 Å². The van der Waals surface area contributed by atoms with Gasteiger partial charge in [0.1, 0.15) is 11.6 Å². The second kappa shape index (κ2) is 6.19. The molecule has 0 amide bonds. The molecular formula is C14H6F6O3. The maximum Gasteiger partial charge on any atom is 0.519 e. The van der Waals surface area contributed by atoms with Gasteiger partial charge in [-0.05, 0) is 12.1 Å². The number of carbonyl (C=O) groups excluding carboxylic acids is 1. The van der Waals surface area contributed by atoms with Crippen LogP contribution in [0.1, 0.15) is 5.56 Å². The van der Waals surface area contributed by atoms with Crippen molar-refractivity contribution in [1.29, 1.82) is 0 Å². The van der Waals surface area contributed by atoms with Crippen molar-refractivity contribution < 1.29 is 40.6 Å². The van der Waals surface area contributed by atoms with Gasteiger partial charge in [-0.2, -0.15) is 13.2 Å². The number of hydrogen-bond donors (Lipinski definition) is 0. The van der Waals surface area contributed by atoms with Crippen LogP contribution < -0.4 is 9.47 Å². The molecule has 0 aliphatic rings. The molecule has 3 nitrogen and oxygen atoms in total. The molecule has 0 spiro atoms. The van der Waals surface area contributed by atoms with E-state index in [2.05, 4.69) is 9.47 Å². The Kier molecular flexibility index (Phi) is 4.48. The van der Waals surface area contributed by atoms with E-state index in [0.717, 1.165) is 18.2 Å². The average molecular weight is 336 g/mol. The number of para-hydroxylation sites is 1. The maximum absolute atomic E-state index is 13.3. The Hall–Kier alpha value is -2.71. The van der Waals surface area contributed by atoms with Gasteiger partial charge in [-0.1, -0.05) is 12.1 Å². The van der Waals surface area contributed by atoms with E-state index in [9.17, 15) is 31.1 Å². The molecule has 0 saturated carbocycles. The fraction of sp³-hybridized carbons (Fsp3) is 0.0714. The van der Waals surface area contributed by atoms with Gasteiger partial charge in [-0.15, -0.1) is 0 Å². The normalized spacial score (nSPS) is 11.2. The van der Waals surface area contributed by atoms with Gasteiger partial charge in [0.25, 0.3) is 0 Å². The lowest BCUT2D eigenvalue weighted by atomic mass is 10.2. The number of hydrogen-bond acceptors (Lipinski definition) is 3. The molecule has 9 heteroatoms. The maximum atomic E-state index is 13.3. The van der Waals surface area contributed by atoms with Crippen molar-refractivity contribution in [3.8, 4) is 11.5 Å². The summed E-state index contributed by atoms with van der Waals surface area (Å²) in [5, 5.41) is 0. The first-order valence-electron chi connectivity index (χ1n) is 5.89. The third-order valence-electron chi connectivity index (χ3n) is 2.53. The molecule has 0 aromatic heterocycles. The Morgan fingerprint density at radius 1 is 0.913 bits per heavy atom. The zero-order chi connectivity index (χ0) is 17.2. The molecule has 0 heterocycles. The van der Waals surface area contributed by atoms with E-state index in [1.165, 1.54) is 0 Å². The van der Waals surface area contributed by atoms with Crippen LogP contribution in [-0.2, 0) is 6.18 Å². The highest BCUT2D eigenvalue weighted by Gasteiger charge is 2.35. The van der Waals surface area contributed by atoms with Crippen molar-refractivity contribution in [2.24, 2.45) is 0 Å². The van der Waals surface area contributed by atoms with Crippen LogP contribution in [0.2, 0.25) is 0 Å². The molecule has 0 unspecified atom stereocenters. The van der Waals surface area contributed by atoms with Gasteiger partial charge in [0.15, 0.2) is 11.6 Å². The van der Waals surface area contributed by atoms with Gasteiger partial charge in [-0.3, -0.25) is 0 Å². The van der Waals surface area contributed by atoms with Crippen molar-refractivity contribution in [3.05, 3.63) is 59.4 Å². The average Bonchev–Trinajstić information content (AvgIpc) is 2.42. The van der Waals surface area contributed by atoms with Crippen molar-refractivity contribution in [3.63, 3.8) is 0 Å². The molecule has 23 heavy (non-hydrogen) atoms. The first kappa shape index (κ1) is 16.7.